The Labute approximate surface area is 461 Å². The second kappa shape index (κ2) is 20.6. The average Bonchev–Trinajstić information content (AvgIpc) is 3.67. The minimum Gasteiger partial charge on any atom is -0.311 e. The minimum atomic E-state index is 1.09. The Balaban J connectivity index is 0.719. The molecule has 0 radical (unpaired) electrons. The van der Waals surface area contributed by atoms with Gasteiger partial charge in [-0.05, 0) is 163 Å². The summed E-state index contributed by atoms with van der Waals surface area (Å²) in [5, 5.41) is 9.90. The van der Waals surface area contributed by atoms with Crippen molar-refractivity contribution in [2.75, 3.05) is 14.7 Å². The van der Waals surface area contributed by atoms with E-state index in [4.69, 9.17) is 0 Å². The quantitative estimate of drug-likeness (QED) is 0.113. The van der Waals surface area contributed by atoms with Crippen LogP contribution in [0.2, 0.25) is 0 Å². The van der Waals surface area contributed by atoms with Gasteiger partial charge in [0.05, 0.1) is 11.4 Å². The van der Waals surface area contributed by atoms with Gasteiger partial charge in [-0.15, -0.1) is 0 Å². The summed E-state index contributed by atoms with van der Waals surface area (Å²) < 4.78 is 0. The molecular weight excluding hydrogens is 955 g/mol. The van der Waals surface area contributed by atoms with E-state index in [2.05, 4.69) is 336 Å². The Morgan fingerprint density at radius 1 is 0.152 bits per heavy atom. The van der Waals surface area contributed by atoms with Crippen molar-refractivity contribution < 1.29 is 0 Å². The highest BCUT2D eigenvalue weighted by Crippen LogP contribution is 2.45. The van der Waals surface area contributed by atoms with Gasteiger partial charge in [-0.2, -0.15) is 0 Å². The normalized spacial score (nSPS) is 11.3. The van der Waals surface area contributed by atoms with Crippen LogP contribution in [0, 0.1) is 0 Å². The van der Waals surface area contributed by atoms with Gasteiger partial charge in [0.25, 0.3) is 0 Å². The Bertz CT molecular complexity index is 4430. The predicted molar refractivity (Wildman–Crippen MR) is 337 cm³/mol. The van der Waals surface area contributed by atoms with Gasteiger partial charge in [-0.1, -0.05) is 224 Å². The van der Waals surface area contributed by atoms with E-state index in [9.17, 15) is 0 Å². The molecule has 0 N–H and O–H groups in total. The zero-order valence-corrected chi connectivity index (χ0v) is 43.4. The van der Waals surface area contributed by atoms with Gasteiger partial charge in [-0.3, -0.25) is 0 Å². The third-order valence-electron chi connectivity index (χ3n) is 15.4. The van der Waals surface area contributed by atoms with Crippen molar-refractivity contribution in [2.45, 2.75) is 0 Å². The first-order chi connectivity index (χ1) is 39.2. The first-order valence-electron chi connectivity index (χ1n) is 27.1. The van der Waals surface area contributed by atoms with Crippen molar-refractivity contribution in [2.24, 2.45) is 0 Å². The van der Waals surface area contributed by atoms with Crippen LogP contribution in [0.15, 0.2) is 322 Å². The van der Waals surface area contributed by atoms with E-state index in [1.165, 1.54) is 65.3 Å². The summed E-state index contributed by atoms with van der Waals surface area (Å²) in [6, 6.07) is 116. The van der Waals surface area contributed by atoms with E-state index >= 15 is 0 Å². The van der Waals surface area contributed by atoms with Crippen LogP contribution in [0.3, 0.4) is 0 Å². The summed E-state index contributed by atoms with van der Waals surface area (Å²) in [6.45, 7) is 0. The van der Waals surface area contributed by atoms with Crippen molar-refractivity contribution >= 4 is 94.3 Å². The summed E-state index contributed by atoms with van der Waals surface area (Å²) in [4.78, 5) is 7.10. The van der Waals surface area contributed by atoms with E-state index in [0.717, 1.165) is 62.3 Å². The van der Waals surface area contributed by atoms with Crippen LogP contribution in [0.4, 0.5) is 51.2 Å². The van der Waals surface area contributed by atoms with Crippen LogP contribution in [-0.4, -0.2) is 0 Å². The second-order valence-electron chi connectivity index (χ2n) is 20.1. The summed E-state index contributed by atoms with van der Waals surface area (Å²) in [5.41, 5.74) is 17.0. The van der Waals surface area contributed by atoms with Gasteiger partial charge >= 0.3 is 0 Å². The smallest absolute Gasteiger partial charge is 0.0546 e. The molecule has 0 heterocycles. The zero-order valence-electron chi connectivity index (χ0n) is 43.4. The number of benzene rings is 14. The first kappa shape index (κ1) is 47.0. The summed E-state index contributed by atoms with van der Waals surface area (Å²) in [5.74, 6) is 0. The van der Waals surface area contributed by atoms with Gasteiger partial charge in [-0.25, -0.2) is 0 Å². The molecule has 0 aliphatic rings. The van der Waals surface area contributed by atoms with E-state index in [1.54, 1.807) is 0 Å². The number of anilines is 9. The lowest BCUT2D eigenvalue weighted by Crippen LogP contribution is -2.10. The molecule has 0 aliphatic carbocycles. The molecule has 0 saturated heterocycles. The SMILES string of the molecule is c1ccc(N(c2ccc(-c3ccc(-c4ccc(N(c5ccccc5)c5cc6ccccc6c6ccccc56)cc4)cc3)cc2)c2ccc(-c3ccc(N(c4ccccc4)c4cc5ccccc5c5ccccc45)cc3)cc2)cc1. The fourth-order valence-electron chi connectivity index (χ4n) is 11.5. The summed E-state index contributed by atoms with van der Waals surface area (Å²) in [6.07, 6.45) is 0. The fourth-order valence-corrected chi connectivity index (χ4v) is 11.5. The third kappa shape index (κ3) is 8.99. The molecular formula is C76H53N3. The predicted octanol–water partition coefficient (Wildman–Crippen LogP) is 21.7. The Hall–Kier alpha value is -10.5. The van der Waals surface area contributed by atoms with Gasteiger partial charge < -0.3 is 14.7 Å². The van der Waals surface area contributed by atoms with Crippen molar-refractivity contribution in [1.82, 2.24) is 0 Å². The summed E-state index contributed by atoms with van der Waals surface area (Å²) in [7, 11) is 0. The van der Waals surface area contributed by atoms with Crippen LogP contribution >= 0.6 is 0 Å². The van der Waals surface area contributed by atoms with E-state index in [0.29, 0.717) is 0 Å². The van der Waals surface area contributed by atoms with Crippen molar-refractivity contribution in [3.63, 3.8) is 0 Å². The highest BCUT2D eigenvalue weighted by Gasteiger charge is 2.20. The maximum atomic E-state index is 2.38. The van der Waals surface area contributed by atoms with Gasteiger partial charge in [0.1, 0.15) is 0 Å². The van der Waals surface area contributed by atoms with Crippen LogP contribution in [0.5, 0.6) is 0 Å². The Kier molecular flexibility index (Phi) is 12.2. The molecule has 0 amide bonds. The number of para-hydroxylation sites is 3. The highest BCUT2D eigenvalue weighted by molar-refractivity contribution is 6.16. The second-order valence-corrected chi connectivity index (χ2v) is 20.1. The van der Waals surface area contributed by atoms with Crippen molar-refractivity contribution in [1.29, 1.82) is 0 Å². The molecule has 372 valence electrons. The maximum Gasteiger partial charge on any atom is 0.0546 e. The van der Waals surface area contributed by atoms with Crippen LogP contribution in [0.1, 0.15) is 0 Å². The summed E-state index contributed by atoms with van der Waals surface area (Å²) >= 11 is 0. The Morgan fingerprint density at radius 2 is 0.367 bits per heavy atom. The largest absolute Gasteiger partial charge is 0.311 e. The van der Waals surface area contributed by atoms with Gasteiger partial charge in [0.2, 0.25) is 0 Å². The average molecular weight is 1010 g/mol. The van der Waals surface area contributed by atoms with Crippen molar-refractivity contribution in [3.05, 3.63) is 322 Å². The van der Waals surface area contributed by atoms with E-state index in [-0.39, 0.29) is 0 Å². The molecule has 0 atom stereocenters. The molecule has 3 nitrogen and oxygen atoms in total. The number of fused-ring (bicyclic) bond motifs is 6. The third-order valence-corrected chi connectivity index (χ3v) is 15.4. The molecule has 14 aromatic carbocycles. The zero-order chi connectivity index (χ0) is 52.5. The van der Waals surface area contributed by atoms with Gasteiger partial charge in [0.15, 0.2) is 0 Å². The minimum absolute atomic E-state index is 1.09. The lowest BCUT2D eigenvalue weighted by Gasteiger charge is -2.28. The molecule has 0 unspecified atom stereocenters. The molecule has 0 spiro atoms. The molecule has 79 heavy (non-hydrogen) atoms. The number of hydrogen-bond donors (Lipinski definition) is 0. The van der Waals surface area contributed by atoms with Crippen LogP contribution in [-0.2, 0) is 0 Å². The standard InChI is InChI=1S/C76H53N3/c1-4-20-62(21-5-1)77(66-46-38-58(39-47-66)59-42-50-68(51-43-59)79(64-24-8-3-9-25-64)76-53-61-19-11-13-27-70(61)72-29-15-17-31-74(72)76)65-44-36-56(37-45-65)54-32-34-55(35-33-54)57-40-48-67(49-41-57)78(63-22-6-2-7-23-63)75-52-60-18-10-12-26-69(60)71-28-14-16-30-73(71)75/h1-53H. The van der Waals surface area contributed by atoms with Crippen LogP contribution in [0.25, 0.3) is 76.5 Å². The molecule has 14 aromatic rings. The van der Waals surface area contributed by atoms with E-state index < -0.39 is 0 Å². The molecule has 0 bridgehead atoms. The lowest BCUT2D eigenvalue weighted by atomic mass is 9.98. The topological polar surface area (TPSA) is 9.72 Å². The molecule has 0 fully saturated rings. The molecule has 0 aliphatic heterocycles. The number of rotatable bonds is 12. The molecule has 0 aromatic heterocycles. The highest BCUT2D eigenvalue weighted by atomic mass is 15.2. The van der Waals surface area contributed by atoms with Gasteiger partial charge in [0, 0.05) is 50.6 Å². The first-order valence-corrected chi connectivity index (χ1v) is 27.1. The number of nitrogens with zero attached hydrogens (tertiary/aromatic N) is 3. The van der Waals surface area contributed by atoms with Crippen molar-refractivity contribution in [3.8, 4) is 33.4 Å². The molecule has 14 rings (SSSR count). The number of hydrogen-bond acceptors (Lipinski definition) is 3. The maximum absolute atomic E-state index is 2.38. The fraction of sp³-hybridized carbons (Fsp3) is 0. The van der Waals surface area contributed by atoms with Crippen LogP contribution < -0.4 is 14.7 Å². The molecule has 0 saturated carbocycles. The lowest BCUT2D eigenvalue weighted by molar-refractivity contribution is 1.28. The molecule has 3 heteroatoms. The Morgan fingerprint density at radius 3 is 0.684 bits per heavy atom. The monoisotopic (exact) mass is 1010 g/mol. The van der Waals surface area contributed by atoms with E-state index in [1.807, 2.05) is 0 Å².